The minimum atomic E-state index is -2.85. The van der Waals surface area contributed by atoms with E-state index < -0.39 is 24.0 Å². The molecular weight excluding hydrogens is 263 g/mol. The number of halogens is 4. The van der Waals surface area contributed by atoms with Crippen LogP contribution in [0.2, 0.25) is 0 Å². The second kappa shape index (κ2) is 4.18. The Kier molecular flexibility index (Phi) is 3.38. The van der Waals surface area contributed by atoms with Gasteiger partial charge in [-0.3, -0.25) is 0 Å². The fourth-order valence-corrected chi connectivity index (χ4v) is 1.42. The van der Waals surface area contributed by atoms with Crippen LogP contribution in [0.25, 0.3) is 0 Å². The number of hydrogen-bond acceptors (Lipinski definition) is 2. The normalized spacial score (nSPS) is 13.3. The van der Waals surface area contributed by atoms with Crippen molar-refractivity contribution in [1.82, 2.24) is 0 Å². The molecule has 1 rings (SSSR count). The lowest BCUT2D eigenvalue weighted by Gasteiger charge is -2.13. The molecule has 3 N–H and O–H groups in total. The van der Waals surface area contributed by atoms with Crippen LogP contribution < -0.4 is 5.73 Å². The van der Waals surface area contributed by atoms with Crippen molar-refractivity contribution in [3.8, 4) is 5.75 Å². The number of phenolic OH excluding ortho intramolecular Hbond substituents is 1. The van der Waals surface area contributed by atoms with Crippen molar-refractivity contribution in [2.24, 2.45) is 5.73 Å². The van der Waals surface area contributed by atoms with Crippen LogP contribution in [-0.4, -0.2) is 11.5 Å². The van der Waals surface area contributed by atoms with Crippen LogP contribution in [0.15, 0.2) is 16.6 Å². The summed E-state index contributed by atoms with van der Waals surface area (Å²) >= 11 is 2.91. The van der Waals surface area contributed by atoms with Gasteiger partial charge in [0.05, 0.1) is 6.04 Å². The summed E-state index contributed by atoms with van der Waals surface area (Å²) in [6.45, 7) is 0. The van der Waals surface area contributed by atoms with E-state index in [1.54, 1.807) is 0 Å². The van der Waals surface area contributed by atoms with Gasteiger partial charge >= 0.3 is 0 Å². The van der Waals surface area contributed by atoms with E-state index in [2.05, 4.69) is 15.9 Å². The summed E-state index contributed by atoms with van der Waals surface area (Å²) in [6.07, 6.45) is -2.85. The predicted molar refractivity (Wildman–Crippen MR) is 48.7 cm³/mol. The standard InChI is InChI=1S/C8H7BrF3NO/c9-3-1-4(6(13)8(11)12)7(14)5(10)2-3/h1-2,6,8,14H,13H2. The van der Waals surface area contributed by atoms with Gasteiger partial charge in [0, 0.05) is 10.0 Å². The van der Waals surface area contributed by atoms with Crippen molar-refractivity contribution in [3.63, 3.8) is 0 Å². The van der Waals surface area contributed by atoms with Crippen LogP contribution >= 0.6 is 15.9 Å². The summed E-state index contributed by atoms with van der Waals surface area (Å²) in [5.74, 6) is -1.81. The van der Waals surface area contributed by atoms with Crippen molar-refractivity contribution in [2.45, 2.75) is 12.5 Å². The zero-order valence-electron chi connectivity index (χ0n) is 6.85. The zero-order chi connectivity index (χ0) is 10.9. The van der Waals surface area contributed by atoms with Crippen molar-refractivity contribution in [1.29, 1.82) is 0 Å². The smallest absolute Gasteiger partial charge is 0.257 e. The third kappa shape index (κ3) is 2.19. The summed E-state index contributed by atoms with van der Waals surface area (Å²) in [7, 11) is 0. The molecule has 2 nitrogen and oxygen atoms in total. The molecule has 0 aliphatic rings. The van der Waals surface area contributed by atoms with E-state index in [1.165, 1.54) is 0 Å². The molecule has 1 atom stereocenters. The van der Waals surface area contributed by atoms with E-state index in [9.17, 15) is 13.2 Å². The van der Waals surface area contributed by atoms with E-state index in [0.29, 0.717) is 0 Å². The summed E-state index contributed by atoms with van der Waals surface area (Å²) in [4.78, 5) is 0. The first-order valence-electron chi connectivity index (χ1n) is 3.65. The van der Waals surface area contributed by atoms with E-state index in [0.717, 1.165) is 12.1 Å². The Balaban J connectivity index is 3.20. The predicted octanol–water partition coefficient (Wildman–Crippen LogP) is 2.56. The molecule has 1 unspecified atom stereocenters. The SMILES string of the molecule is NC(c1cc(Br)cc(F)c1O)C(F)F. The second-order valence-corrected chi connectivity index (χ2v) is 3.60. The molecule has 0 spiro atoms. The Morgan fingerprint density at radius 3 is 2.43 bits per heavy atom. The molecule has 0 radical (unpaired) electrons. The second-order valence-electron chi connectivity index (χ2n) is 2.69. The van der Waals surface area contributed by atoms with Crippen molar-refractivity contribution in [3.05, 3.63) is 28.0 Å². The topological polar surface area (TPSA) is 46.2 Å². The first-order chi connectivity index (χ1) is 6.43. The molecule has 0 heterocycles. The molecule has 0 fully saturated rings. The van der Waals surface area contributed by atoms with Gasteiger partial charge in [-0.25, -0.2) is 13.2 Å². The highest BCUT2D eigenvalue weighted by molar-refractivity contribution is 9.10. The van der Waals surface area contributed by atoms with Gasteiger partial charge in [-0.05, 0) is 12.1 Å². The lowest BCUT2D eigenvalue weighted by atomic mass is 10.1. The van der Waals surface area contributed by atoms with E-state index >= 15 is 0 Å². The third-order valence-corrected chi connectivity index (χ3v) is 2.15. The number of phenols is 1. The number of alkyl halides is 2. The van der Waals surface area contributed by atoms with Gasteiger partial charge in [-0.15, -0.1) is 0 Å². The number of hydrogen-bond donors (Lipinski definition) is 2. The maximum absolute atomic E-state index is 12.9. The summed E-state index contributed by atoms with van der Waals surface area (Å²) < 4.78 is 37.5. The molecule has 1 aromatic rings. The van der Waals surface area contributed by atoms with Crippen molar-refractivity contribution in [2.75, 3.05) is 0 Å². The Morgan fingerprint density at radius 1 is 1.36 bits per heavy atom. The van der Waals surface area contributed by atoms with Crippen LogP contribution in [0.4, 0.5) is 13.2 Å². The number of benzene rings is 1. The number of rotatable bonds is 2. The first-order valence-corrected chi connectivity index (χ1v) is 4.44. The fourth-order valence-electron chi connectivity index (χ4n) is 0.976. The maximum Gasteiger partial charge on any atom is 0.257 e. The number of aromatic hydroxyl groups is 1. The summed E-state index contributed by atoms with van der Waals surface area (Å²) in [5.41, 5.74) is 4.77. The molecule has 14 heavy (non-hydrogen) atoms. The zero-order valence-corrected chi connectivity index (χ0v) is 8.43. The van der Waals surface area contributed by atoms with Gasteiger partial charge in [0.15, 0.2) is 11.6 Å². The van der Waals surface area contributed by atoms with Crippen molar-refractivity contribution >= 4 is 15.9 Å². The van der Waals surface area contributed by atoms with E-state index in [4.69, 9.17) is 10.8 Å². The highest BCUT2D eigenvalue weighted by Crippen LogP contribution is 2.32. The summed E-state index contributed by atoms with van der Waals surface area (Å²) in [5, 5.41) is 9.13. The maximum atomic E-state index is 12.9. The van der Waals surface area contributed by atoms with Gasteiger partial charge in [-0.2, -0.15) is 0 Å². The highest BCUT2D eigenvalue weighted by atomic mass is 79.9. The molecule has 0 amide bonds. The lowest BCUT2D eigenvalue weighted by Crippen LogP contribution is -2.19. The fraction of sp³-hybridized carbons (Fsp3) is 0.250. The first kappa shape index (κ1) is 11.3. The van der Waals surface area contributed by atoms with Crippen LogP contribution in [0.5, 0.6) is 5.75 Å². The quantitative estimate of drug-likeness (QED) is 0.867. The van der Waals surface area contributed by atoms with Gasteiger partial charge in [0.2, 0.25) is 0 Å². The Labute approximate surface area is 86.7 Å². The van der Waals surface area contributed by atoms with Gasteiger partial charge in [0.1, 0.15) is 0 Å². The molecule has 6 heteroatoms. The third-order valence-electron chi connectivity index (χ3n) is 1.69. The molecule has 1 aromatic carbocycles. The molecule has 78 valence electrons. The molecule has 0 aliphatic carbocycles. The molecule has 0 aromatic heterocycles. The molecule has 0 saturated heterocycles. The lowest BCUT2D eigenvalue weighted by molar-refractivity contribution is 0.115. The molecule has 0 bridgehead atoms. The summed E-state index contributed by atoms with van der Waals surface area (Å²) in [6, 6.07) is 0.439. The molecular formula is C8H7BrF3NO. The monoisotopic (exact) mass is 269 g/mol. The van der Waals surface area contributed by atoms with Gasteiger partial charge in [-0.1, -0.05) is 15.9 Å². The van der Waals surface area contributed by atoms with E-state index in [1.807, 2.05) is 0 Å². The minimum Gasteiger partial charge on any atom is -0.505 e. The minimum absolute atomic E-state index is 0.249. The van der Waals surface area contributed by atoms with Crippen LogP contribution in [0.1, 0.15) is 11.6 Å². The average molecular weight is 270 g/mol. The van der Waals surface area contributed by atoms with Gasteiger partial charge in [0.25, 0.3) is 6.43 Å². The molecule has 0 aliphatic heterocycles. The highest BCUT2D eigenvalue weighted by Gasteiger charge is 2.23. The largest absolute Gasteiger partial charge is 0.505 e. The van der Waals surface area contributed by atoms with Gasteiger partial charge < -0.3 is 10.8 Å². The Hall–Kier alpha value is -0.750. The average Bonchev–Trinajstić information content (AvgIpc) is 2.09. The van der Waals surface area contributed by atoms with Crippen LogP contribution in [0.3, 0.4) is 0 Å². The Bertz CT molecular complexity index is 346. The van der Waals surface area contributed by atoms with Crippen molar-refractivity contribution < 1.29 is 18.3 Å². The molecule has 0 saturated carbocycles. The van der Waals surface area contributed by atoms with E-state index in [-0.39, 0.29) is 10.0 Å². The number of nitrogens with two attached hydrogens (primary N) is 1. The Morgan fingerprint density at radius 2 is 1.93 bits per heavy atom. The van der Waals surface area contributed by atoms with Crippen LogP contribution in [0, 0.1) is 5.82 Å². The van der Waals surface area contributed by atoms with Crippen LogP contribution in [-0.2, 0) is 0 Å².